The van der Waals surface area contributed by atoms with Gasteiger partial charge in [-0.25, -0.2) is 0 Å². The highest BCUT2D eigenvalue weighted by molar-refractivity contribution is 5.83. The number of aromatic amines is 1. The van der Waals surface area contributed by atoms with E-state index in [0.717, 1.165) is 25.9 Å². The van der Waals surface area contributed by atoms with Gasteiger partial charge in [-0.2, -0.15) is 0 Å². The summed E-state index contributed by atoms with van der Waals surface area (Å²) in [6, 6.07) is 11.1. The SMILES string of the molecule is CCC1CN(c2cc3ccccc3[nH]2)CCC1N. The first-order valence-electron chi connectivity index (χ1n) is 6.86. The van der Waals surface area contributed by atoms with E-state index in [2.05, 4.69) is 47.1 Å². The number of aromatic nitrogens is 1. The van der Waals surface area contributed by atoms with Gasteiger partial charge >= 0.3 is 0 Å². The number of nitrogens with zero attached hydrogens (tertiary/aromatic N) is 1. The average Bonchev–Trinajstić information content (AvgIpc) is 2.83. The van der Waals surface area contributed by atoms with Crippen LogP contribution in [0.5, 0.6) is 0 Å². The Hall–Kier alpha value is -1.48. The molecule has 1 aliphatic heterocycles. The molecule has 96 valence electrons. The molecule has 0 spiro atoms. The number of H-pyrrole nitrogens is 1. The predicted octanol–water partition coefficient (Wildman–Crippen LogP) is 2.73. The van der Waals surface area contributed by atoms with E-state index in [1.165, 1.54) is 16.7 Å². The molecule has 0 bridgehead atoms. The van der Waals surface area contributed by atoms with E-state index < -0.39 is 0 Å². The fourth-order valence-corrected chi connectivity index (χ4v) is 2.93. The second-order valence-corrected chi connectivity index (χ2v) is 5.31. The van der Waals surface area contributed by atoms with E-state index in [9.17, 15) is 0 Å². The van der Waals surface area contributed by atoms with Crippen LogP contribution >= 0.6 is 0 Å². The van der Waals surface area contributed by atoms with Crippen molar-refractivity contribution < 1.29 is 0 Å². The lowest BCUT2D eigenvalue weighted by atomic mass is 9.91. The molecule has 18 heavy (non-hydrogen) atoms. The zero-order valence-corrected chi connectivity index (χ0v) is 10.9. The largest absolute Gasteiger partial charge is 0.358 e. The highest BCUT2D eigenvalue weighted by Gasteiger charge is 2.25. The zero-order valence-electron chi connectivity index (χ0n) is 10.9. The molecule has 3 N–H and O–H groups in total. The quantitative estimate of drug-likeness (QED) is 0.852. The first-order valence-corrected chi connectivity index (χ1v) is 6.86. The van der Waals surface area contributed by atoms with Crippen LogP contribution in [0.1, 0.15) is 19.8 Å². The first-order chi connectivity index (χ1) is 8.78. The number of nitrogens with one attached hydrogen (secondary N) is 1. The molecular weight excluding hydrogens is 222 g/mol. The van der Waals surface area contributed by atoms with E-state index in [-0.39, 0.29) is 0 Å². The maximum absolute atomic E-state index is 6.17. The van der Waals surface area contributed by atoms with Gasteiger partial charge in [0.15, 0.2) is 0 Å². The predicted molar refractivity (Wildman–Crippen MR) is 76.9 cm³/mol. The number of para-hydroxylation sites is 1. The van der Waals surface area contributed by atoms with Gasteiger partial charge in [-0.1, -0.05) is 31.5 Å². The summed E-state index contributed by atoms with van der Waals surface area (Å²) in [4.78, 5) is 5.95. The van der Waals surface area contributed by atoms with Crippen molar-refractivity contribution in [2.75, 3.05) is 18.0 Å². The Morgan fingerprint density at radius 1 is 1.39 bits per heavy atom. The molecule has 1 aliphatic rings. The lowest BCUT2D eigenvalue weighted by Gasteiger charge is -2.37. The van der Waals surface area contributed by atoms with E-state index in [1.807, 2.05) is 0 Å². The van der Waals surface area contributed by atoms with Gasteiger partial charge in [-0.05, 0) is 24.5 Å². The van der Waals surface area contributed by atoms with E-state index in [4.69, 9.17) is 5.73 Å². The molecule has 2 unspecified atom stereocenters. The number of hydrogen-bond acceptors (Lipinski definition) is 2. The van der Waals surface area contributed by atoms with Gasteiger partial charge in [0.1, 0.15) is 5.82 Å². The molecule has 0 amide bonds. The van der Waals surface area contributed by atoms with Crippen LogP contribution in [0.4, 0.5) is 5.82 Å². The van der Waals surface area contributed by atoms with Gasteiger partial charge < -0.3 is 15.6 Å². The van der Waals surface area contributed by atoms with Crippen LogP contribution in [0.25, 0.3) is 10.9 Å². The van der Waals surface area contributed by atoms with Crippen molar-refractivity contribution in [1.29, 1.82) is 0 Å². The van der Waals surface area contributed by atoms with Crippen molar-refractivity contribution in [3.05, 3.63) is 30.3 Å². The number of hydrogen-bond donors (Lipinski definition) is 2. The fraction of sp³-hybridized carbons (Fsp3) is 0.467. The number of benzene rings is 1. The van der Waals surface area contributed by atoms with Crippen LogP contribution in [-0.2, 0) is 0 Å². The number of fused-ring (bicyclic) bond motifs is 1. The average molecular weight is 243 g/mol. The van der Waals surface area contributed by atoms with Gasteiger partial charge in [-0.15, -0.1) is 0 Å². The molecule has 2 heterocycles. The zero-order chi connectivity index (χ0) is 12.5. The Morgan fingerprint density at radius 3 is 3.00 bits per heavy atom. The summed E-state index contributed by atoms with van der Waals surface area (Å²) in [5.74, 6) is 1.85. The third kappa shape index (κ3) is 1.99. The maximum Gasteiger partial charge on any atom is 0.106 e. The molecule has 1 saturated heterocycles. The van der Waals surface area contributed by atoms with Crippen molar-refractivity contribution in [1.82, 2.24) is 4.98 Å². The summed E-state index contributed by atoms with van der Waals surface area (Å²) in [5.41, 5.74) is 7.39. The van der Waals surface area contributed by atoms with Crippen LogP contribution in [-0.4, -0.2) is 24.1 Å². The summed E-state index contributed by atoms with van der Waals surface area (Å²) >= 11 is 0. The Labute approximate surface area is 108 Å². The summed E-state index contributed by atoms with van der Waals surface area (Å²) in [7, 11) is 0. The van der Waals surface area contributed by atoms with Crippen molar-refractivity contribution in [2.45, 2.75) is 25.8 Å². The van der Waals surface area contributed by atoms with Gasteiger partial charge in [-0.3, -0.25) is 0 Å². The van der Waals surface area contributed by atoms with Gasteiger partial charge in [0.25, 0.3) is 0 Å². The minimum absolute atomic E-state index is 0.371. The van der Waals surface area contributed by atoms with E-state index in [0.29, 0.717) is 12.0 Å². The van der Waals surface area contributed by atoms with Crippen molar-refractivity contribution in [3.8, 4) is 0 Å². The number of rotatable bonds is 2. The van der Waals surface area contributed by atoms with Crippen molar-refractivity contribution >= 4 is 16.7 Å². The fourth-order valence-electron chi connectivity index (χ4n) is 2.93. The topological polar surface area (TPSA) is 45.0 Å². The number of piperidine rings is 1. The third-order valence-corrected chi connectivity index (χ3v) is 4.17. The summed E-state index contributed by atoms with van der Waals surface area (Å²) in [6.07, 6.45) is 2.26. The number of nitrogens with two attached hydrogens (primary N) is 1. The molecule has 1 fully saturated rings. The van der Waals surface area contributed by atoms with Crippen LogP contribution < -0.4 is 10.6 Å². The minimum Gasteiger partial charge on any atom is -0.358 e. The smallest absolute Gasteiger partial charge is 0.106 e. The molecule has 0 radical (unpaired) electrons. The van der Waals surface area contributed by atoms with Crippen LogP contribution in [0.15, 0.2) is 30.3 Å². The van der Waals surface area contributed by atoms with Crippen LogP contribution in [0, 0.1) is 5.92 Å². The minimum atomic E-state index is 0.371. The van der Waals surface area contributed by atoms with E-state index >= 15 is 0 Å². The van der Waals surface area contributed by atoms with Gasteiger partial charge in [0.2, 0.25) is 0 Å². The lowest BCUT2D eigenvalue weighted by Crippen LogP contribution is -2.47. The lowest BCUT2D eigenvalue weighted by molar-refractivity contribution is 0.347. The maximum atomic E-state index is 6.17. The van der Waals surface area contributed by atoms with Crippen LogP contribution in [0.3, 0.4) is 0 Å². The molecule has 3 rings (SSSR count). The third-order valence-electron chi connectivity index (χ3n) is 4.17. The standard InChI is InChI=1S/C15H21N3/c1-2-11-10-18(8-7-13(11)16)15-9-12-5-3-4-6-14(12)17-15/h3-6,9,11,13,17H,2,7-8,10,16H2,1H3. The highest BCUT2D eigenvalue weighted by Crippen LogP contribution is 2.26. The molecule has 1 aromatic heterocycles. The Morgan fingerprint density at radius 2 is 2.22 bits per heavy atom. The first kappa shape index (κ1) is 11.6. The summed E-state index contributed by atoms with van der Waals surface area (Å²) in [5, 5.41) is 1.29. The summed E-state index contributed by atoms with van der Waals surface area (Å²) in [6.45, 7) is 4.37. The Bertz CT molecular complexity index is 498. The second-order valence-electron chi connectivity index (χ2n) is 5.31. The second kappa shape index (κ2) is 4.65. The Balaban J connectivity index is 1.86. The van der Waals surface area contributed by atoms with Crippen molar-refractivity contribution in [3.63, 3.8) is 0 Å². The Kier molecular flexibility index (Phi) is 3.00. The normalized spacial score (nSPS) is 24.7. The molecule has 0 saturated carbocycles. The molecule has 3 heteroatoms. The van der Waals surface area contributed by atoms with Crippen molar-refractivity contribution in [2.24, 2.45) is 11.7 Å². The molecule has 0 aliphatic carbocycles. The monoisotopic (exact) mass is 243 g/mol. The van der Waals surface area contributed by atoms with Gasteiger partial charge in [0.05, 0.1) is 0 Å². The van der Waals surface area contributed by atoms with Crippen LogP contribution in [0.2, 0.25) is 0 Å². The summed E-state index contributed by atoms with van der Waals surface area (Å²) < 4.78 is 0. The number of anilines is 1. The molecule has 2 aromatic rings. The highest BCUT2D eigenvalue weighted by atomic mass is 15.2. The van der Waals surface area contributed by atoms with E-state index in [1.54, 1.807) is 0 Å². The molecule has 3 nitrogen and oxygen atoms in total. The van der Waals surface area contributed by atoms with Gasteiger partial charge in [0, 0.05) is 30.0 Å². The molecular formula is C15H21N3. The molecule has 2 atom stereocenters. The molecule has 1 aromatic carbocycles.